The van der Waals surface area contributed by atoms with Crippen LogP contribution in [0.2, 0.25) is 0 Å². The number of hydrogen-bond donors (Lipinski definition) is 2. The highest BCUT2D eigenvalue weighted by Crippen LogP contribution is 2.38. The Bertz CT molecular complexity index is 710. The smallest absolute Gasteiger partial charge is 0.203 e. The Kier molecular flexibility index (Phi) is 7.35. The zero-order valence-corrected chi connectivity index (χ0v) is 16.2. The zero-order valence-electron chi connectivity index (χ0n) is 15.4. The molecule has 2 rings (SSSR count). The topological polar surface area (TPSA) is 61.0 Å². The number of nitrogens with one attached hydrogen (secondary N) is 2. The normalized spacial score (nSPS) is 10.0. The maximum atomic E-state index is 5.42. The minimum absolute atomic E-state index is 0.513. The zero-order chi connectivity index (χ0) is 18.9. The Labute approximate surface area is 159 Å². The average Bonchev–Trinajstić information content (AvgIpc) is 2.67. The second-order valence-corrected chi connectivity index (χ2v) is 5.71. The van der Waals surface area contributed by atoms with Crippen molar-refractivity contribution in [3.05, 3.63) is 42.0 Å². The molecule has 0 aliphatic rings. The van der Waals surface area contributed by atoms with Crippen LogP contribution in [0.15, 0.2) is 36.4 Å². The van der Waals surface area contributed by atoms with Crippen molar-refractivity contribution in [2.45, 2.75) is 13.5 Å². The van der Waals surface area contributed by atoms with Crippen molar-refractivity contribution in [2.24, 2.45) is 0 Å². The molecule has 0 aliphatic carbocycles. The van der Waals surface area contributed by atoms with E-state index in [0.29, 0.717) is 35.5 Å². The highest BCUT2D eigenvalue weighted by molar-refractivity contribution is 7.80. The summed E-state index contributed by atoms with van der Waals surface area (Å²) >= 11 is 5.35. The first-order valence-electron chi connectivity index (χ1n) is 8.17. The molecule has 6 nitrogen and oxygen atoms in total. The standard InChI is InChI=1S/C19H24N2O4S/c1-5-25-15-8-6-14(7-9-15)21-19(26)20-12-13-10-16(22-2)18(24-4)17(11-13)23-3/h6-11H,5,12H2,1-4H3,(H2,20,21,26). The molecule has 0 aliphatic heterocycles. The summed E-state index contributed by atoms with van der Waals surface area (Å²) < 4.78 is 21.5. The van der Waals surface area contributed by atoms with Crippen LogP contribution in [0.4, 0.5) is 5.69 Å². The molecule has 26 heavy (non-hydrogen) atoms. The first-order valence-corrected chi connectivity index (χ1v) is 8.58. The van der Waals surface area contributed by atoms with Crippen LogP contribution in [0, 0.1) is 0 Å². The highest BCUT2D eigenvalue weighted by Gasteiger charge is 2.13. The lowest BCUT2D eigenvalue weighted by atomic mass is 10.2. The van der Waals surface area contributed by atoms with E-state index in [9.17, 15) is 0 Å². The predicted octanol–water partition coefficient (Wildman–Crippen LogP) is 3.60. The molecule has 140 valence electrons. The molecule has 2 aromatic carbocycles. The average molecular weight is 376 g/mol. The SMILES string of the molecule is CCOc1ccc(NC(=S)NCc2cc(OC)c(OC)c(OC)c2)cc1. The molecule has 0 heterocycles. The minimum Gasteiger partial charge on any atom is -0.494 e. The third-order valence-electron chi connectivity index (χ3n) is 3.60. The first-order chi connectivity index (χ1) is 12.6. The quantitative estimate of drug-likeness (QED) is 0.683. The summed E-state index contributed by atoms with van der Waals surface area (Å²) in [4.78, 5) is 0. The third-order valence-corrected chi connectivity index (χ3v) is 3.85. The van der Waals surface area contributed by atoms with Gasteiger partial charge in [-0.3, -0.25) is 0 Å². The molecular weight excluding hydrogens is 352 g/mol. The fourth-order valence-corrected chi connectivity index (χ4v) is 2.59. The number of methoxy groups -OCH3 is 3. The molecule has 0 atom stereocenters. The van der Waals surface area contributed by atoms with Crippen LogP contribution in [0.25, 0.3) is 0 Å². The van der Waals surface area contributed by atoms with Crippen LogP contribution in [0.3, 0.4) is 0 Å². The molecule has 0 amide bonds. The van der Waals surface area contributed by atoms with Crippen molar-refractivity contribution < 1.29 is 18.9 Å². The van der Waals surface area contributed by atoms with E-state index in [1.54, 1.807) is 21.3 Å². The Morgan fingerprint density at radius 2 is 1.58 bits per heavy atom. The molecule has 0 saturated heterocycles. The van der Waals surface area contributed by atoms with Crippen LogP contribution in [0.5, 0.6) is 23.0 Å². The number of thiocarbonyl (C=S) groups is 1. The molecule has 0 bridgehead atoms. The van der Waals surface area contributed by atoms with Crippen LogP contribution in [-0.2, 0) is 6.54 Å². The lowest BCUT2D eigenvalue weighted by Gasteiger charge is -2.15. The van der Waals surface area contributed by atoms with Gasteiger partial charge in [0, 0.05) is 12.2 Å². The van der Waals surface area contributed by atoms with Crippen molar-refractivity contribution in [3.8, 4) is 23.0 Å². The summed E-state index contributed by atoms with van der Waals surface area (Å²) in [6, 6.07) is 11.4. The van der Waals surface area contributed by atoms with Gasteiger partial charge in [0.1, 0.15) is 5.75 Å². The van der Waals surface area contributed by atoms with Gasteiger partial charge in [-0.05, 0) is 61.1 Å². The second kappa shape index (κ2) is 9.72. The molecule has 0 aromatic heterocycles. The summed E-state index contributed by atoms with van der Waals surface area (Å²) in [6.45, 7) is 3.11. The summed E-state index contributed by atoms with van der Waals surface area (Å²) in [6.07, 6.45) is 0. The van der Waals surface area contributed by atoms with Gasteiger partial charge in [-0.25, -0.2) is 0 Å². The molecule has 7 heteroatoms. The molecular formula is C19H24N2O4S. The fraction of sp³-hybridized carbons (Fsp3) is 0.316. The van der Waals surface area contributed by atoms with Crippen molar-refractivity contribution in [3.63, 3.8) is 0 Å². The van der Waals surface area contributed by atoms with E-state index in [1.165, 1.54) is 0 Å². The van der Waals surface area contributed by atoms with Crippen molar-refractivity contribution >= 4 is 23.0 Å². The van der Waals surface area contributed by atoms with Gasteiger partial charge in [-0.2, -0.15) is 0 Å². The lowest BCUT2D eigenvalue weighted by molar-refractivity contribution is 0.323. The largest absolute Gasteiger partial charge is 0.494 e. The number of anilines is 1. The summed E-state index contributed by atoms with van der Waals surface area (Å²) in [5.41, 5.74) is 1.84. The van der Waals surface area contributed by atoms with Gasteiger partial charge in [0.2, 0.25) is 5.75 Å². The van der Waals surface area contributed by atoms with Crippen LogP contribution < -0.4 is 29.6 Å². The van der Waals surface area contributed by atoms with Crippen molar-refractivity contribution in [1.29, 1.82) is 0 Å². The van der Waals surface area contributed by atoms with Gasteiger partial charge in [0.25, 0.3) is 0 Å². The monoisotopic (exact) mass is 376 g/mol. The molecule has 0 radical (unpaired) electrons. The molecule has 2 aromatic rings. The van der Waals surface area contributed by atoms with Gasteiger partial charge in [0.05, 0.1) is 27.9 Å². The van der Waals surface area contributed by atoms with Gasteiger partial charge in [-0.15, -0.1) is 0 Å². The minimum atomic E-state index is 0.513. The highest BCUT2D eigenvalue weighted by atomic mass is 32.1. The van der Waals surface area contributed by atoms with E-state index >= 15 is 0 Å². The second-order valence-electron chi connectivity index (χ2n) is 5.30. The number of rotatable bonds is 8. The van der Waals surface area contributed by atoms with Crippen LogP contribution in [-0.4, -0.2) is 33.0 Å². The van der Waals surface area contributed by atoms with Crippen molar-refractivity contribution in [2.75, 3.05) is 33.3 Å². The molecule has 2 N–H and O–H groups in total. The van der Waals surface area contributed by atoms with Crippen LogP contribution in [0.1, 0.15) is 12.5 Å². The summed E-state index contributed by atoms with van der Waals surface area (Å²) in [7, 11) is 4.76. The number of benzene rings is 2. The van der Waals surface area contributed by atoms with Gasteiger partial charge >= 0.3 is 0 Å². The van der Waals surface area contributed by atoms with E-state index < -0.39 is 0 Å². The Balaban J connectivity index is 1.98. The van der Waals surface area contributed by atoms with Gasteiger partial charge in [0.15, 0.2) is 16.6 Å². The number of hydrogen-bond acceptors (Lipinski definition) is 5. The maximum Gasteiger partial charge on any atom is 0.203 e. The fourth-order valence-electron chi connectivity index (χ4n) is 2.40. The molecule has 0 unspecified atom stereocenters. The maximum absolute atomic E-state index is 5.42. The van der Waals surface area contributed by atoms with Gasteiger partial charge < -0.3 is 29.6 Å². The Morgan fingerprint density at radius 3 is 2.08 bits per heavy atom. The first kappa shape index (κ1) is 19.7. The van der Waals surface area contributed by atoms with E-state index in [2.05, 4.69) is 10.6 Å². The molecule has 0 fully saturated rings. The summed E-state index contributed by atoms with van der Waals surface area (Å²) in [5, 5.41) is 6.82. The predicted molar refractivity (Wildman–Crippen MR) is 107 cm³/mol. The number of ether oxygens (including phenoxy) is 4. The third kappa shape index (κ3) is 5.16. The van der Waals surface area contributed by atoms with E-state index in [-0.39, 0.29) is 0 Å². The summed E-state index contributed by atoms with van der Waals surface area (Å²) in [5.74, 6) is 2.60. The Morgan fingerprint density at radius 1 is 0.962 bits per heavy atom. The van der Waals surface area contributed by atoms with Gasteiger partial charge in [-0.1, -0.05) is 0 Å². The van der Waals surface area contributed by atoms with Crippen molar-refractivity contribution in [1.82, 2.24) is 5.32 Å². The van der Waals surface area contributed by atoms with E-state index in [4.69, 9.17) is 31.2 Å². The Hall–Kier alpha value is -2.67. The lowest BCUT2D eigenvalue weighted by Crippen LogP contribution is -2.27. The van der Waals surface area contributed by atoms with Crippen LogP contribution >= 0.6 is 12.2 Å². The molecule has 0 spiro atoms. The molecule has 0 saturated carbocycles. The van der Waals surface area contributed by atoms with E-state index in [0.717, 1.165) is 17.0 Å². The van der Waals surface area contributed by atoms with E-state index in [1.807, 2.05) is 43.3 Å².